The average Bonchev–Trinajstić information content (AvgIpc) is 3.14. The summed E-state index contributed by atoms with van der Waals surface area (Å²) in [5, 5.41) is 8.50. The summed E-state index contributed by atoms with van der Waals surface area (Å²) < 4.78 is 12.7. The second-order valence-corrected chi connectivity index (χ2v) is 8.36. The number of hydrogen-bond acceptors (Lipinski definition) is 7. The van der Waals surface area contributed by atoms with Crippen LogP contribution in [0.4, 0.5) is 5.95 Å². The monoisotopic (exact) mass is 430 g/mol. The van der Waals surface area contributed by atoms with Crippen molar-refractivity contribution in [3.8, 4) is 5.75 Å². The quantitative estimate of drug-likeness (QED) is 0.329. The van der Waals surface area contributed by atoms with Crippen molar-refractivity contribution in [3.63, 3.8) is 0 Å². The zero-order valence-corrected chi connectivity index (χ0v) is 18.9. The number of rotatable bonds is 10. The number of thioether (sulfide) groups is 1. The number of anilines is 1. The molecule has 162 valence electrons. The van der Waals surface area contributed by atoms with Crippen LogP contribution in [0.3, 0.4) is 0 Å². The molecule has 0 spiro atoms. The second kappa shape index (κ2) is 10.5. The van der Waals surface area contributed by atoms with E-state index in [0.717, 1.165) is 29.2 Å². The molecule has 1 unspecified atom stereocenters. The number of nitrogens with one attached hydrogen (secondary N) is 1. The highest BCUT2D eigenvalue weighted by atomic mass is 32.2. The summed E-state index contributed by atoms with van der Waals surface area (Å²) in [4.78, 5) is 17.1. The van der Waals surface area contributed by atoms with Crippen molar-refractivity contribution in [1.29, 1.82) is 0 Å². The fourth-order valence-corrected chi connectivity index (χ4v) is 4.02. The van der Waals surface area contributed by atoms with Crippen molar-refractivity contribution in [2.45, 2.75) is 57.7 Å². The molecule has 1 aromatic carbocycles. The molecule has 2 aromatic rings. The molecule has 0 bridgehead atoms. The third-order valence-electron chi connectivity index (χ3n) is 4.97. The summed E-state index contributed by atoms with van der Waals surface area (Å²) in [6.07, 6.45) is 4.68. The first-order chi connectivity index (χ1) is 14.6. The van der Waals surface area contributed by atoms with Gasteiger partial charge in [0.25, 0.3) is 0 Å². The summed E-state index contributed by atoms with van der Waals surface area (Å²) in [5.74, 6) is 1.93. The Labute approximate surface area is 182 Å². The summed E-state index contributed by atoms with van der Waals surface area (Å²) >= 11 is 1.56. The number of fused-ring (bicyclic) bond motifs is 1. The van der Waals surface area contributed by atoms with Crippen molar-refractivity contribution < 1.29 is 14.3 Å². The number of unbranched alkanes of at least 4 members (excludes halogenated alkanes) is 3. The third-order valence-corrected chi connectivity index (χ3v) is 5.69. The Morgan fingerprint density at radius 2 is 1.97 bits per heavy atom. The molecular weight excluding hydrogens is 400 g/mol. The van der Waals surface area contributed by atoms with Gasteiger partial charge in [0, 0.05) is 5.70 Å². The Morgan fingerprint density at radius 3 is 2.63 bits per heavy atom. The van der Waals surface area contributed by atoms with Crippen molar-refractivity contribution >= 4 is 23.7 Å². The van der Waals surface area contributed by atoms with Crippen LogP contribution in [0, 0.1) is 0 Å². The van der Waals surface area contributed by atoms with Crippen molar-refractivity contribution in [2.75, 3.05) is 24.8 Å². The van der Waals surface area contributed by atoms with Gasteiger partial charge in [-0.2, -0.15) is 4.98 Å². The zero-order chi connectivity index (χ0) is 21.5. The van der Waals surface area contributed by atoms with Crippen molar-refractivity contribution in [2.24, 2.45) is 0 Å². The van der Waals surface area contributed by atoms with Gasteiger partial charge in [-0.25, -0.2) is 9.48 Å². The van der Waals surface area contributed by atoms with Gasteiger partial charge in [0.1, 0.15) is 11.8 Å². The number of hydrogen-bond donors (Lipinski definition) is 1. The van der Waals surface area contributed by atoms with Gasteiger partial charge in [0.05, 0.1) is 19.3 Å². The van der Waals surface area contributed by atoms with Crippen LogP contribution in [0.25, 0.3) is 0 Å². The van der Waals surface area contributed by atoms with Crippen molar-refractivity contribution in [3.05, 3.63) is 41.1 Å². The topological polar surface area (TPSA) is 78.3 Å². The van der Waals surface area contributed by atoms with Gasteiger partial charge in [-0.15, -0.1) is 5.10 Å². The Balaban J connectivity index is 1.86. The lowest BCUT2D eigenvalue weighted by Gasteiger charge is -2.27. The van der Waals surface area contributed by atoms with Crippen LogP contribution in [0.5, 0.6) is 5.75 Å². The number of ether oxygens (including phenoxy) is 2. The lowest BCUT2D eigenvalue weighted by Crippen LogP contribution is -2.29. The number of methoxy groups -OCH3 is 1. The largest absolute Gasteiger partial charge is 0.494 e. The average molecular weight is 431 g/mol. The molecule has 2 heterocycles. The molecule has 1 aliphatic rings. The summed E-state index contributed by atoms with van der Waals surface area (Å²) in [6, 6.07) is 7.43. The Kier molecular flexibility index (Phi) is 7.79. The highest BCUT2D eigenvalue weighted by Crippen LogP contribution is 2.37. The molecule has 1 aromatic heterocycles. The van der Waals surface area contributed by atoms with Crippen LogP contribution in [0.1, 0.15) is 58.1 Å². The standard InChI is InChI=1S/C22H30N4O3S/c1-5-7-8-9-14-29-17-12-10-16(11-13-17)19-18(20(27)28-4)15(3)23-21-24-22(30-6-2)25-26(19)21/h10-13,19H,5-9,14H2,1-4H3,(H,23,24,25). The maximum atomic E-state index is 12.6. The lowest BCUT2D eigenvalue weighted by atomic mass is 9.96. The van der Waals surface area contributed by atoms with E-state index in [0.29, 0.717) is 23.3 Å². The highest BCUT2D eigenvalue weighted by molar-refractivity contribution is 7.99. The van der Waals surface area contributed by atoms with E-state index in [9.17, 15) is 4.79 Å². The molecule has 0 aliphatic carbocycles. The van der Waals surface area contributed by atoms with Gasteiger partial charge >= 0.3 is 5.97 Å². The number of benzene rings is 1. The van der Waals surface area contributed by atoms with Gasteiger partial charge in [-0.3, -0.25) is 0 Å². The highest BCUT2D eigenvalue weighted by Gasteiger charge is 2.34. The zero-order valence-electron chi connectivity index (χ0n) is 18.1. The molecule has 0 saturated heterocycles. The van der Waals surface area contributed by atoms with E-state index in [4.69, 9.17) is 9.47 Å². The first-order valence-corrected chi connectivity index (χ1v) is 11.5. The van der Waals surface area contributed by atoms with E-state index >= 15 is 0 Å². The van der Waals surface area contributed by atoms with Crippen LogP contribution >= 0.6 is 11.8 Å². The number of carbonyl (C=O) groups excluding carboxylic acids is 1. The molecule has 0 fully saturated rings. The predicted molar refractivity (Wildman–Crippen MR) is 119 cm³/mol. The smallest absolute Gasteiger partial charge is 0.338 e. The van der Waals surface area contributed by atoms with Crippen LogP contribution in [-0.2, 0) is 9.53 Å². The number of nitrogens with zero attached hydrogens (tertiary/aromatic N) is 3. The van der Waals surface area contributed by atoms with Gasteiger partial charge in [0.15, 0.2) is 0 Å². The number of esters is 1. The Hall–Kier alpha value is -2.48. The molecular formula is C22H30N4O3S. The molecule has 0 amide bonds. The predicted octanol–water partition coefficient (Wildman–Crippen LogP) is 4.81. The number of allylic oxidation sites excluding steroid dienone is 1. The summed E-state index contributed by atoms with van der Waals surface area (Å²) in [6.45, 7) is 6.82. The third kappa shape index (κ3) is 4.98. The summed E-state index contributed by atoms with van der Waals surface area (Å²) in [5.41, 5.74) is 2.17. The van der Waals surface area contributed by atoms with E-state index in [2.05, 4.69) is 29.2 Å². The molecule has 1 N–H and O–H groups in total. The number of aromatic nitrogens is 3. The minimum absolute atomic E-state index is 0.382. The fraction of sp³-hybridized carbons (Fsp3) is 0.500. The molecule has 7 nitrogen and oxygen atoms in total. The van der Waals surface area contributed by atoms with Gasteiger partial charge < -0.3 is 14.8 Å². The van der Waals surface area contributed by atoms with Gasteiger partial charge in [-0.05, 0) is 36.8 Å². The van der Waals surface area contributed by atoms with E-state index in [1.165, 1.54) is 26.4 Å². The summed E-state index contributed by atoms with van der Waals surface area (Å²) in [7, 11) is 1.39. The van der Waals surface area contributed by atoms with E-state index < -0.39 is 6.04 Å². The van der Waals surface area contributed by atoms with E-state index in [-0.39, 0.29) is 5.97 Å². The normalized spacial score (nSPS) is 15.5. The van der Waals surface area contributed by atoms with Crippen LogP contribution in [0.15, 0.2) is 40.7 Å². The maximum Gasteiger partial charge on any atom is 0.338 e. The number of carbonyl (C=O) groups is 1. The maximum absolute atomic E-state index is 12.6. The molecule has 0 saturated carbocycles. The molecule has 0 radical (unpaired) electrons. The van der Waals surface area contributed by atoms with E-state index in [1.54, 1.807) is 16.4 Å². The van der Waals surface area contributed by atoms with Crippen LogP contribution in [-0.4, -0.2) is 40.2 Å². The molecule has 8 heteroatoms. The Morgan fingerprint density at radius 1 is 1.20 bits per heavy atom. The SMILES string of the molecule is CCCCCCOc1ccc(C2C(C(=O)OC)=C(C)Nc3nc(SCC)nn32)cc1. The van der Waals surface area contributed by atoms with Crippen LogP contribution < -0.4 is 10.1 Å². The molecule has 1 atom stereocenters. The molecule has 1 aliphatic heterocycles. The first-order valence-electron chi connectivity index (χ1n) is 10.5. The van der Waals surface area contributed by atoms with E-state index in [1.807, 2.05) is 31.2 Å². The van der Waals surface area contributed by atoms with Gasteiger partial charge in [0.2, 0.25) is 11.1 Å². The van der Waals surface area contributed by atoms with Gasteiger partial charge in [-0.1, -0.05) is 57.0 Å². The minimum Gasteiger partial charge on any atom is -0.494 e. The van der Waals surface area contributed by atoms with Crippen LogP contribution in [0.2, 0.25) is 0 Å². The van der Waals surface area contributed by atoms with Crippen molar-refractivity contribution in [1.82, 2.24) is 14.8 Å². The minimum atomic E-state index is -0.411. The molecule has 3 rings (SSSR count). The first kappa shape index (κ1) is 22.2. The second-order valence-electron chi connectivity index (χ2n) is 7.13. The lowest BCUT2D eigenvalue weighted by molar-refractivity contribution is -0.136. The molecule has 30 heavy (non-hydrogen) atoms. The fourth-order valence-electron chi connectivity index (χ4n) is 3.47. The Bertz CT molecular complexity index is 892.